The van der Waals surface area contributed by atoms with Crippen LogP contribution in [0.15, 0.2) is 0 Å². The van der Waals surface area contributed by atoms with Gasteiger partial charge in [-0.15, -0.1) is 5.92 Å². The Bertz CT molecular complexity index is 295. The molecule has 0 aliphatic carbocycles. The van der Waals surface area contributed by atoms with Crippen molar-refractivity contribution in [2.45, 2.75) is 39.9 Å². The third-order valence-electron chi connectivity index (χ3n) is 1.69. The fourth-order valence-electron chi connectivity index (χ4n) is 1.08. The van der Waals surface area contributed by atoms with E-state index in [0.29, 0.717) is 0 Å². The molecule has 1 atom stereocenters. The first-order valence-corrected chi connectivity index (χ1v) is 5.47. The SMILES string of the molecule is CC#CC(C)OC(C(=O)OCC)C(=O)OCC. The van der Waals surface area contributed by atoms with Gasteiger partial charge in [0.15, 0.2) is 0 Å². The minimum Gasteiger partial charge on any atom is -0.464 e. The zero-order chi connectivity index (χ0) is 13.3. The van der Waals surface area contributed by atoms with Crippen LogP contribution < -0.4 is 0 Å². The molecule has 0 saturated heterocycles. The molecular weight excluding hydrogens is 224 g/mol. The van der Waals surface area contributed by atoms with E-state index in [4.69, 9.17) is 14.2 Å². The fourth-order valence-corrected chi connectivity index (χ4v) is 1.08. The summed E-state index contributed by atoms with van der Waals surface area (Å²) in [7, 11) is 0. The first-order chi connectivity index (χ1) is 8.06. The average molecular weight is 242 g/mol. The van der Waals surface area contributed by atoms with Crippen LogP contribution in [-0.4, -0.2) is 37.4 Å². The highest BCUT2D eigenvalue weighted by Crippen LogP contribution is 2.04. The van der Waals surface area contributed by atoms with Crippen LogP contribution >= 0.6 is 0 Å². The van der Waals surface area contributed by atoms with E-state index in [1.807, 2.05) is 0 Å². The number of rotatable bonds is 6. The average Bonchev–Trinajstić information content (AvgIpc) is 2.26. The predicted molar refractivity (Wildman–Crippen MR) is 61.1 cm³/mol. The van der Waals surface area contributed by atoms with E-state index in [0.717, 1.165) is 0 Å². The smallest absolute Gasteiger partial charge is 0.347 e. The van der Waals surface area contributed by atoms with E-state index in [1.165, 1.54) is 0 Å². The Kier molecular flexibility index (Phi) is 7.82. The molecule has 0 aliphatic heterocycles. The van der Waals surface area contributed by atoms with E-state index >= 15 is 0 Å². The van der Waals surface area contributed by atoms with Gasteiger partial charge in [-0.25, -0.2) is 9.59 Å². The lowest BCUT2D eigenvalue weighted by atomic mass is 10.3. The van der Waals surface area contributed by atoms with Gasteiger partial charge < -0.3 is 14.2 Å². The van der Waals surface area contributed by atoms with E-state index in [-0.39, 0.29) is 13.2 Å². The number of hydrogen-bond acceptors (Lipinski definition) is 5. The van der Waals surface area contributed by atoms with Crippen molar-refractivity contribution in [3.63, 3.8) is 0 Å². The van der Waals surface area contributed by atoms with Gasteiger partial charge in [0.25, 0.3) is 6.10 Å². The summed E-state index contributed by atoms with van der Waals surface area (Å²) in [6, 6.07) is 0. The number of carbonyl (C=O) groups is 2. The number of hydrogen-bond donors (Lipinski definition) is 0. The Hall–Kier alpha value is -1.54. The second-order valence-corrected chi connectivity index (χ2v) is 3.06. The zero-order valence-electron chi connectivity index (χ0n) is 10.6. The lowest BCUT2D eigenvalue weighted by Crippen LogP contribution is -2.38. The third kappa shape index (κ3) is 5.93. The van der Waals surface area contributed by atoms with Gasteiger partial charge in [-0.2, -0.15) is 0 Å². The third-order valence-corrected chi connectivity index (χ3v) is 1.69. The van der Waals surface area contributed by atoms with Gasteiger partial charge >= 0.3 is 11.9 Å². The maximum atomic E-state index is 11.5. The first kappa shape index (κ1) is 15.5. The Labute approximate surface area is 101 Å². The number of esters is 2. The highest BCUT2D eigenvalue weighted by Gasteiger charge is 2.31. The van der Waals surface area contributed by atoms with Crippen LogP contribution in [0.1, 0.15) is 27.7 Å². The summed E-state index contributed by atoms with van der Waals surface area (Å²) in [5.41, 5.74) is 0. The molecule has 0 fully saturated rings. The second kappa shape index (κ2) is 8.59. The van der Waals surface area contributed by atoms with E-state index in [1.54, 1.807) is 27.7 Å². The largest absolute Gasteiger partial charge is 0.464 e. The molecule has 0 bridgehead atoms. The summed E-state index contributed by atoms with van der Waals surface area (Å²) >= 11 is 0. The van der Waals surface area contributed by atoms with Crippen LogP contribution in [0.5, 0.6) is 0 Å². The van der Waals surface area contributed by atoms with Crippen LogP contribution in [0, 0.1) is 11.8 Å². The van der Waals surface area contributed by atoms with E-state index < -0.39 is 24.1 Å². The first-order valence-electron chi connectivity index (χ1n) is 5.47. The molecule has 0 radical (unpaired) electrons. The summed E-state index contributed by atoms with van der Waals surface area (Å²) in [5, 5.41) is 0. The normalized spacial score (nSPS) is 11.4. The maximum Gasteiger partial charge on any atom is 0.347 e. The van der Waals surface area contributed by atoms with Crippen LogP contribution in [0.25, 0.3) is 0 Å². The quantitative estimate of drug-likeness (QED) is 0.393. The fraction of sp³-hybridized carbons (Fsp3) is 0.667. The molecule has 0 aromatic heterocycles. The van der Waals surface area contributed by atoms with Crippen molar-refractivity contribution in [2.24, 2.45) is 0 Å². The topological polar surface area (TPSA) is 61.8 Å². The Balaban J connectivity index is 4.64. The van der Waals surface area contributed by atoms with Gasteiger partial charge in [-0.3, -0.25) is 0 Å². The lowest BCUT2D eigenvalue weighted by Gasteiger charge is -2.16. The summed E-state index contributed by atoms with van der Waals surface area (Å²) < 4.78 is 14.7. The predicted octanol–water partition coefficient (Wildman–Crippen LogP) is 0.910. The van der Waals surface area contributed by atoms with Crippen molar-refractivity contribution in [3.8, 4) is 11.8 Å². The molecule has 0 aromatic carbocycles. The Morgan fingerprint density at radius 1 is 1.12 bits per heavy atom. The maximum absolute atomic E-state index is 11.5. The molecule has 0 aliphatic rings. The van der Waals surface area contributed by atoms with E-state index in [9.17, 15) is 9.59 Å². The van der Waals surface area contributed by atoms with Crippen molar-refractivity contribution < 1.29 is 23.8 Å². The minimum atomic E-state index is -1.37. The molecule has 0 heterocycles. The van der Waals surface area contributed by atoms with Crippen molar-refractivity contribution in [3.05, 3.63) is 0 Å². The van der Waals surface area contributed by atoms with Gasteiger partial charge in [-0.05, 0) is 27.7 Å². The van der Waals surface area contributed by atoms with Gasteiger partial charge in [0, 0.05) is 0 Å². The molecule has 5 nitrogen and oxygen atoms in total. The summed E-state index contributed by atoms with van der Waals surface area (Å²) in [5.74, 6) is 3.81. The van der Waals surface area contributed by atoms with Gasteiger partial charge in [-0.1, -0.05) is 5.92 Å². The van der Waals surface area contributed by atoms with Crippen molar-refractivity contribution >= 4 is 11.9 Å². The number of ether oxygens (including phenoxy) is 3. The second-order valence-electron chi connectivity index (χ2n) is 3.06. The molecule has 5 heteroatoms. The lowest BCUT2D eigenvalue weighted by molar-refractivity contribution is -0.174. The highest BCUT2D eigenvalue weighted by molar-refractivity contribution is 5.98. The summed E-state index contributed by atoms with van der Waals surface area (Å²) in [6.45, 7) is 6.92. The molecule has 17 heavy (non-hydrogen) atoms. The minimum absolute atomic E-state index is 0.173. The molecule has 96 valence electrons. The Morgan fingerprint density at radius 2 is 1.59 bits per heavy atom. The van der Waals surface area contributed by atoms with Crippen molar-refractivity contribution in [1.82, 2.24) is 0 Å². The molecular formula is C12H18O5. The van der Waals surface area contributed by atoms with Crippen LogP contribution in [-0.2, 0) is 23.8 Å². The molecule has 0 amide bonds. The molecule has 0 rings (SSSR count). The molecule has 0 saturated carbocycles. The Morgan fingerprint density at radius 3 is 1.94 bits per heavy atom. The standard InChI is InChI=1S/C12H18O5/c1-5-8-9(4)17-10(11(13)15-6-2)12(14)16-7-3/h9-10H,6-7H2,1-4H3. The van der Waals surface area contributed by atoms with Crippen LogP contribution in [0.2, 0.25) is 0 Å². The van der Waals surface area contributed by atoms with Crippen LogP contribution in [0.4, 0.5) is 0 Å². The number of carbonyl (C=O) groups excluding carboxylic acids is 2. The summed E-state index contributed by atoms with van der Waals surface area (Å²) in [6.07, 6.45) is -1.91. The zero-order valence-corrected chi connectivity index (χ0v) is 10.6. The molecule has 0 aromatic rings. The van der Waals surface area contributed by atoms with Crippen molar-refractivity contribution in [1.29, 1.82) is 0 Å². The van der Waals surface area contributed by atoms with Crippen molar-refractivity contribution in [2.75, 3.05) is 13.2 Å². The van der Waals surface area contributed by atoms with Gasteiger partial charge in [0.1, 0.15) is 6.10 Å². The molecule has 0 spiro atoms. The van der Waals surface area contributed by atoms with E-state index in [2.05, 4.69) is 11.8 Å². The monoisotopic (exact) mass is 242 g/mol. The van der Waals surface area contributed by atoms with Crippen LogP contribution in [0.3, 0.4) is 0 Å². The highest BCUT2D eigenvalue weighted by atomic mass is 16.6. The molecule has 0 N–H and O–H groups in total. The van der Waals surface area contributed by atoms with Gasteiger partial charge in [0.05, 0.1) is 13.2 Å². The van der Waals surface area contributed by atoms with Gasteiger partial charge in [0.2, 0.25) is 0 Å². The summed E-state index contributed by atoms with van der Waals surface area (Å²) in [4.78, 5) is 23.0. The molecule has 1 unspecified atom stereocenters.